The summed E-state index contributed by atoms with van der Waals surface area (Å²) in [5, 5.41) is 3.42. The average molecular weight is 424 g/mol. The molecule has 0 spiro atoms. The van der Waals surface area contributed by atoms with Crippen molar-refractivity contribution in [1.82, 2.24) is 9.97 Å². The van der Waals surface area contributed by atoms with Crippen LogP contribution in [-0.4, -0.2) is 9.97 Å². The fourth-order valence-corrected chi connectivity index (χ4v) is 4.45. The molecule has 0 radical (unpaired) electrons. The topological polar surface area (TPSA) is 29.0 Å². The summed E-state index contributed by atoms with van der Waals surface area (Å²) in [6.45, 7) is 0. The standard InChI is InChI=1S/C24H14BrN3/c25-15-10-11-21-19(14-15)23-22-18(12-13-26-23)17-8-4-5-9-20(17)27-24(22)28(21)16-6-2-1-3-7-16/h1-14H. The van der Waals surface area contributed by atoms with Crippen LogP contribution in [0.1, 0.15) is 0 Å². The minimum absolute atomic E-state index is 0.929. The van der Waals surface area contributed by atoms with Crippen molar-refractivity contribution in [2.75, 3.05) is 4.90 Å². The third-order valence-corrected chi connectivity index (χ3v) is 5.77. The molecule has 0 unspecified atom stereocenters. The van der Waals surface area contributed by atoms with Gasteiger partial charge in [-0.15, -0.1) is 0 Å². The molecular weight excluding hydrogens is 410 g/mol. The maximum atomic E-state index is 5.09. The third-order valence-electron chi connectivity index (χ3n) is 5.28. The van der Waals surface area contributed by atoms with Crippen molar-refractivity contribution >= 4 is 54.8 Å². The minimum atomic E-state index is 0.929. The average Bonchev–Trinajstić information content (AvgIpc) is 2.75. The summed E-state index contributed by atoms with van der Waals surface area (Å²) in [5.74, 6) is 0.929. The Bertz CT molecular complexity index is 1380. The SMILES string of the molecule is Brc1ccc2c(c1)-c1nccc3c1c(nc1ccccc13)N2c1ccccc1. The van der Waals surface area contributed by atoms with Gasteiger partial charge in [-0.25, -0.2) is 4.98 Å². The molecule has 28 heavy (non-hydrogen) atoms. The second kappa shape index (κ2) is 5.88. The zero-order valence-electron chi connectivity index (χ0n) is 14.8. The molecule has 5 aromatic rings. The number of pyridine rings is 2. The number of para-hydroxylation sites is 2. The van der Waals surface area contributed by atoms with Gasteiger partial charge in [0, 0.05) is 27.3 Å². The number of aromatic nitrogens is 2. The number of benzene rings is 3. The van der Waals surface area contributed by atoms with Crippen LogP contribution in [0.15, 0.2) is 89.5 Å². The molecule has 3 heterocycles. The first-order valence-corrected chi connectivity index (χ1v) is 9.93. The Kier molecular flexibility index (Phi) is 3.31. The van der Waals surface area contributed by atoms with Crippen molar-refractivity contribution in [3.05, 3.63) is 89.5 Å². The molecule has 0 aliphatic carbocycles. The molecule has 2 aromatic heterocycles. The van der Waals surface area contributed by atoms with E-state index in [0.29, 0.717) is 0 Å². The maximum Gasteiger partial charge on any atom is 0.148 e. The number of nitrogens with zero attached hydrogens (tertiary/aromatic N) is 3. The molecule has 6 rings (SSSR count). The number of rotatable bonds is 1. The Labute approximate surface area is 170 Å². The zero-order valence-corrected chi connectivity index (χ0v) is 16.4. The fourth-order valence-electron chi connectivity index (χ4n) is 4.09. The molecule has 0 amide bonds. The lowest BCUT2D eigenvalue weighted by molar-refractivity contribution is 1.19. The molecule has 3 nitrogen and oxygen atoms in total. The molecule has 4 heteroatoms. The molecule has 1 aliphatic rings. The third kappa shape index (κ3) is 2.15. The summed E-state index contributed by atoms with van der Waals surface area (Å²) in [7, 11) is 0. The van der Waals surface area contributed by atoms with Gasteiger partial charge in [-0.2, -0.15) is 0 Å². The predicted octanol–water partition coefficient (Wildman–Crippen LogP) is 7.00. The van der Waals surface area contributed by atoms with E-state index in [0.717, 1.165) is 49.2 Å². The summed E-state index contributed by atoms with van der Waals surface area (Å²) in [6.07, 6.45) is 1.90. The van der Waals surface area contributed by atoms with E-state index in [4.69, 9.17) is 9.97 Å². The van der Waals surface area contributed by atoms with Gasteiger partial charge < -0.3 is 0 Å². The molecule has 0 atom stereocenters. The van der Waals surface area contributed by atoms with Crippen molar-refractivity contribution in [3.63, 3.8) is 0 Å². The Morgan fingerprint density at radius 2 is 1.61 bits per heavy atom. The van der Waals surface area contributed by atoms with Gasteiger partial charge in [-0.3, -0.25) is 9.88 Å². The molecule has 0 saturated heterocycles. The van der Waals surface area contributed by atoms with Crippen molar-refractivity contribution in [2.45, 2.75) is 0 Å². The van der Waals surface area contributed by atoms with Crippen LogP contribution in [0.5, 0.6) is 0 Å². The van der Waals surface area contributed by atoms with E-state index in [1.807, 2.05) is 18.3 Å². The monoisotopic (exact) mass is 423 g/mol. The number of hydrogen-bond donors (Lipinski definition) is 0. The van der Waals surface area contributed by atoms with Gasteiger partial charge in [0.1, 0.15) is 5.82 Å². The summed E-state index contributed by atoms with van der Waals surface area (Å²) in [4.78, 5) is 12.1. The highest BCUT2D eigenvalue weighted by Crippen LogP contribution is 2.50. The van der Waals surface area contributed by atoms with Crippen LogP contribution in [0.2, 0.25) is 0 Å². The number of anilines is 3. The van der Waals surface area contributed by atoms with Crippen molar-refractivity contribution in [1.29, 1.82) is 0 Å². The molecule has 1 aliphatic heterocycles. The van der Waals surface area contributed by atoms with Gasteiger partial charge in [0.15, 0.2) is 0 Å². The lowest BCUT2D eigenvalue weighted by Gasteiger charge is -2.32. The van der Waals surface area contributed by atoms with E-state index in [9.17, 15) is 0 Å². The highest BCUT2D eigenvalue weighted by Gasteiger charge is 2.29. The van der Waals surface area contributed by atoms with Gasteiger partial charge in [-0.1, -0.05) is 52.3 Å². The van der Waals surface area contributed by atoms with Crippen molar-refractivity contribution in [3.8, 4) is 11.3 Å². The molecule has 0 fully saturated rings. The van der Waals surface area contributed by atoms with Crippen LogP contribution in [0.4, 0.5) is 17.2 Å². The molecule has 132 valence electrons. The smallest absolute Gasteiger partial charge is 0.148 e. The molecule has 0 N–H and O–H groups in total. The molecule has 0 saturated carbocycles. The number of hydrogen-bond acceptors (Lipinski definition) is 3. The van der Waals surface area contributed by atoms with E-state index in [1.54, 1.807) is 0 Å². The quantitative estimate of drug-likeness (QED) is 0.266. The second-order valence-electron chi connectivity index (χ2n) is 6.87. The van der Waals surface area contributed by atoms with Gasteiger partial charge in [0.25, 0.3) is 0 Å². The van der Waals surface area contributed by atoms with Crippen LogP contribution in [0.25, 0.3) is 32.9 Å². The van der Waals surface area contributed by atoms with E-state index in [-0.39, 0.29) is 0 Å². The van der Waals surface area contributed by atoms with Crippen LogP contribution < -0.4 is 4.90 Å². The summed E-state index contributed by atoms with van der Waals surface area (Å²) in [6, 6.07) is 27.2. The summed E-state index contributed by atoms with van der Waals surface area (Å²) >= 11 is 3.63. The van der Waals surface area contributed by atoms with E-state index < -0.39 is 0 Å². The Morgan fingerprint density at radius 3 is 2.50 bits per heavy atom. The molecule has 0 bridgehead atoms. The summed E-state index contributed by atoms with van der Waals surface area (Å²) in [5.41, 5.74) is 5.25. The van der Waals surface area contributed by atoms with Crippen molar-refractivity contribution < 1.29 is 0 Å². The maximum absolute atomic E-state index is 5.09. The summed E-state index contributed by atoms with van der Waals surface area (Å²) < 4.78 is 1.04. The van der Waals surface area contributed by atoms with Gasteiger partial charge in [0.05, 0.1) is 22.3 Å². The van der Waals surface area contributed by atoms with E-state index >= 15 is 0 Å². The van der Waals surface area contributed by atoms with Crippen molar-refractivity contribution in [2.24, 2.45) is 0 Å². The first-order chi connectivity index (χ1) is 13.8. The highest BCUT2D eigenvalue weighted by atomic mass is 79.9. The largest absolute Gasteiger partial charge is 0.294 e. The Morgan fingerprint density at radius 1 is 0.786 bits per heavy atom. The zero-order chi connectivity index (χ0) is 18.7. The molecular formula is C24H14BrN3. The molecule has 3 aromatic carbocycles. The van der Waals surface area contributed by atoms with Gasteiger partial charge in [-0.05, 0) is 47.9 Å². The number of halogens is 1. The van der Waals surface area contributed by atoms with Crippen LogP contribution >= 0.6 is 15.9 Å². The first-order valence-electron chi connectivity index (χ1n) is 9.14. The van der Waals surface area contributed by atoms with E-state index in [2.05, 4.69) is 87.6 Å². The minimum Gasteiger partial charge on any atom is -0.294 e. The Balaban J connectivity index is 1.84. The first kappa shape index (κ1) is 15.8. The van der Waals surface area contributed by atoms with Crippen LogP contribution in [0, 0.1) is 0 Å². The van der Waals surface area contributed by atoms with E-state index in [1.165, 1.54) is 5.39 Å². The Hall–Kier alpha value is -3.24. The predicted molar refractivity (Wildman–Crippen MR) is 118 cm³/mol. The van der Waals surface area contributed by atoms with Crippen LogP contribution in [0.3, 0.4) is 0 Å². The second-order valence-corrected chi connectivity index (χ2v) is 7.78. The highest BCUT2D eigenvalue weighted by molar-refractivity contribution is 9.10. The normalized spacial score (nSPS) is 12.4. The van der Waals surface area contributed by atoms with Crippen LogP contribution in [-0.2, 0) is 0 Å². The number of fused-ring (bicyclic) bond motifs is 4. The fraction of sp³-hybridized carbons (Fsp3) is 0. The lowest BCUT2D eigenvalue weighted by atomic mass is 9.95. The van der Waals surface area contributed by atoms with Gasteiger partial charge >= 0.3 is 0 Å². The van der Waals surface area contributed by atoms with Gasteiger partial charge in [0.2, 0.25) is 0 Å². The lowest BCUT2D eigenvalue weighted by Crippen LogP contribution is -2.17.